The zero-order valence-electron chi connectivity index (χ0n) is 9.67. The molecule has 2 fully saturated rings. The number of nitrogens with one attached hydrogen (secondary N) is 1. The molecule has 0 unspecified atom stereocenters. The molecule has 2 saturated heterocycles. The Kier molecular flexibility index (Phi) is 3.62. The maximum atomic E-state index is 11.9. The van der Waals surface area contributed by atoms with Gasteiger partial charge in [0.2, 0.25) is 5.91 Å². The Hall–Kier alpha value is -0.570. The highest BCUT2D eigenvalue weighted by Gasteiger charge is 2.22. The monoisotopic (exact) mass is 210 g/mol. The minimum atomic E-state index is 0.383. The second-order valence-electron chi connectivity index (χ2n) is 5.13. The number of rotatable bonds is 3. The summed E-state index contributed by atoms with van der Waals surface area (Å²) in [6.45, 7) is 6.49. The second-order valence-corrected chi connectivity index (χ2v) is 5.13. The van der Waals surface area contributed by atoms with Crippen molar-refractivity contribution in [3.63, 3.8) is 0 Å². The molecule has 0 aliphatic carbocycles. The van der Waals surface area contributed by atoms with E-state index in [0.717, 1.165) is 50.9 Å². The third-order valence-electron chi connectivity index (χ3n) is 3.77. The lowest BCUT2D eigenvalue weighted by Crippen LogP contribution is -2.43. The van der Waals surface area contributed by atoms with Crippen molar-refractivity contribution in [2.45, 2.75) is 32.6 Å². The van der Waals surface area contributed by atoms with E-state index in [4.69, 9.17) is 0 Å². The van der Waals surface area contributed by atoms with Gasteiger partial charge in [0.1, 0.15) is 0 Å². The van der Waals surface area contributed by atoms with Crippen molar-refractivity contribution < 1.29 is 4.79 Å². The summed E-state index contributed by atoms with van der Waals surface area (Å²) >= 11 is 0. The summed E-state index contributed by atoms with van der Waals surface area (Å²) in [5.74, 6) is 1.95. The van der Waals surface area contributed by atoms with Crippen LogP contribution >= 0.6 is 0 Å². The molecule has 86 valence electrons. The molecule has 0 radical (unpaired) electrons. The van der Waals surface area contributed by atoms with E-state index in [2.05, 4.69) is 17.1 Å². The predicted molar refractivity (Wildman–Crippen MR) is 60.6 cm³/mol. The minimum absolute atomic E-state index is 0.383. The van der Waals surface area contributed by atoms with Crippen molar-refractivity contribution in [3.05, 3.63) is 0 Å². The van der Waals surface area contributed by atoms with Crippen LogP contribution in [0.15, 0.2) is 0 Å². The van der Waals surface area contributed by atoms with Gasteiger partial charge in [0.05, 0.1) is 0 Å². The van der Waals surface area contributed by atoms with Gasteiger partial charge in [-0.3, -0.25) is 4.79 Å². The van der Waals surface area contributed by atoms with Crippen LogP contribution in [0.25, 0.3) is 0 Å². The van der Waals surface area contributed by atoms with E-state index in [-0.39, 0.29) is 0 Å². The first-order valence-corrected chi connectivity index (χ1v) is 6.24. The van der Waals surface area contributed by atoms with E-state index in [1.165, 1.54) is 12.8 Å². The maximum Gasteiger partial charge on any atom is 0.222 e. The number of piperidine rings is 1. The Morgan fingerprint density at radius 3 is 2.53 bits per heavy atom. The Morgan fingerprint density at radius 2 is 2.00 bits per heavy atom. The van der Waals surface area contributed by atoms with Gasteiger partial charge >= 0.3 is 0 Å². The largest absolute Gasteiger partial charge is 0.343 e. The molecule has 2 rings (SSSR count). The zero-order chi connectivity index (χ0) is 10.7. The van der Waals surface area contributed by atoms with E-state index in [1.807, 2.05) is 0 Å². The molecule has 2 aliphatic heterocycles. The normalized spacial score (nSPS) is 23.9. The van der Waals surface area contributed by atoms with Crippen LogP contribution in [0.2, 0.25) is 0 Å². The maximum absolute atomic E-state index is 11.9. The van der Waals surface area contributed by atoms with E-state index in [0.29, 0.717) is 5.91 Å². The van der Waals surface area contributed by atoms with Crippen LogP contribution in [0.1, 0.15) is 32.6 Å². The lowest BCUT2D eigenvalue weighted by molar-refractivity contribution is -0.132. The number of carbonyl (C=O) groups excluding carboxylic acids is 1. The van der Waals surface area contributed by atoms with Crippen LogP contribution in [0.3, 0.4) is 0 Å². The average molecular weight is 210 g/mol. The molecule has 2 heterocycles. The van der Waals surface area contributed by atoms with Crippen LogP contribution in [0.4, 0.5) is 0 Å². The van der Waals surface area contributed by atoms with Gasteiger partial charge in [-0.15, -0.1) is 0 Å². The molecule has 0 aromatic rings. The van der Waals surface area contributed by atoms with Gasteiger partial charge < -0.3 is 10.2 Å². The standard InChI is InChI=1S/C12H22N2O/c1-10-4-6-14(7-5-10)12(15)3-2-11-8-13-9-11/h10-11,13H,2-9H2,1H3. The fourth-order valence-electron chi connectivity index (χ4n) is 2.30. The van der Waals surface area contributed by atoms with Gasteiger partial charge in [-0.1, -0.05) is 6.92 Å². The number of nitrogens with zero attached hydrogens (tertiary/aromatic N) is 1. The highest BCUT2D eigenvalue weighted by Crippen LogP contribution is 2.18. The SMILES string of the molecule is CC1CCN(C(=O)CCC2CNC2)CC1. The van der Waals surface area contributed by atoms with Gasteiger partial charge in [-0.2, -0.15) is 0 Å². The molecule has 3 nitrogen and oxygen atoms in total. The number of hydrogen-bond acceptors (Lipinski definition) is 2. The van der Waals surface area contributed by atoms with Gasteiger partial charge in [-0.05, 0) is 44.2 Å². The average Bonchev–Trinajstić information content (AvgIpc) is 2.16. The van der Waals surface area contributed by atoms with Crippen molar-refractivity contribution >= 4 is 5.91 Å². The number of hydrogen-bond donors (Lipinski definition) is 1. The molecule has 1 N–H and O–H groups in total. The second kappa shape index (κ2) is 4.97. The van der Waals surface area contributed by atoms with Gasteiger partial charge in [0, 0.05) is 19.5 Å². The molecule has 1 amide bonds. The van der Waals surface area contributed by atoms with Gasteiger partial charge in [-0.25, -0.2) is 0 Å². The summed E-state index contributed by atoms with van der Waals surface area (Å²) in [7, 11) is 0. The molecule has 0 spiro atoms. The molecule has 2 aliphatic rings. The first-order valence-electron chi connectivity index (χ1n) is 6.24. The van der Waals surface area contributed by atoms with Crippen molar-refractivity contribution in [3.8, 4) is 0 Å². The molecular formula is C12H22N2O. The molecule has 0 aromatic carbocycles. The highest BCUT2D eigenvalue weighted by molar-refractivity contribution is 5.76. The summed E-state index contributed by atoms with van der Waals surface area (Å²) in [4.78, 5) is 13.9. The number of amides is 1. The van der Waals surface area contributed by atoms with Crippen LogP contribution in [0, 0.1) is 11.8 Å². The smallest absolute Gasteiger partial charge is 0.222 e. The molecule has 0 saturated carbocycles. The number of carbonyl (C=O) groups is 1. The molecule has 0 aromatic heterocycles. The van der Waals surface area contributed by atoms with E-state index < -0.39 is 0 Å². The highest BCUT2D eigenvalue weighted by atomic mass is 16.2. The molecule has 3 heteroatoms. The summed E-state index contributed by atoms with van der Waals surface area (Å²) in [6.07, 6.45) is 4.23. The first-order chi connectivity index (χ1) is 7.25. The Labute approximate surface area is 92.2 Å². The zero-order valence-corrected chi connectivity index (χ0v) is 9.67. The fourth-order valence-corrected chi connectivity index (χ4v) is 2.30. The van der Waals surface area contributed by atoms with Crippen molar-refractivity contribution in [1.29, 1.82) is 0 Å². The summed E-state index contributed by atoms with van der Waals surface area (Å²) < 4.78 is 0. The number of likely N-dealkylation sites (tertiary alicyclic amines) is 1. The van der Waals surface area contributed by atoms with Gasteiger partial charge in [0.15, 0.2) is 0 Å². The predicted octanol–water partition coefficient (Wildman–Crippen LogP) is 1.24. The molecule has 0 atom stereocenters. The molecular weight excluding hydrogens is 188 g/mol. The minimum Gasteiger partial charge on any atom is -0.343 e. The molecule has 0 bridgehead atoms. The first kappa shape index (κ1) is 10.9. The van der Waals surface area contributed by atoms with Crippen molar-refractivity contribution in [1.82, 2.24) is 10.2 Å². The van der Waals surface area contributed by atoms with Crippen LogP contribution in [-0.4, -0.2) is 37.0 Å². The molecule has 15 heavy (non-hydrogen) atoms. The summed E-state index contributed by atoms with van der Waals surface area (Å²) in [6, 6.07) is 0. The Bertz CT molecular complexity index is 218. The van der Waals surface area contributed by atoms with Crippen molar-refractivity contribution in [2.24, 2.45) is 11.8 Å². The lowest BCUT2D eigenvalue weighted by atomic mass is 9.95. The fraction of sp³-hybridized carbons (Fsp3) is 0.917. The quantitative estimate of drug-likeness (QED) is 0.760. The Balaban J connectivity index is 1.66. The van der Waals surface area contributed by atoms with E-state index in [1.54, 1.807) is 0 Å². The van der Waals surface area contributed by atoms with E-state index >= 15 is 0 Å². The van der Waals surface area contributed by atoms with Crippen LogP contribution < -0.4 is 5.32 Å². The summed E-state index contributed by atoms with van der Waals surface area (Å²) in [5.41, 5.74) is 0. The Morgan fingerprint density at radius 1 is 1.33 bits per heavy atom. The lowest BCUT2D eigenvalue weighted by Gasteiger charge is -2.32. The van der Waals surface area contributed by atoms with Crippen molar-refractivity contribution in [2.75, 3.05) is 26.2 Å². The topological polar surface area (TPSA) is 32.3 Å². The van der Waals surface area contributed by atoms with E-state index in [9.17, 15) is 4.79 Å². The van der Waals surface area contributed by atoms with Gasteiger partial charge in [0.25, 0.3) is 0 Å². The third-order valence-corrected chi connectivity index (χ3v) is 3.77. The summed E-state index contributed by atoms with van der Waals surface area (Å²) in [5, 5.41) is 3.25. The van der Waals surface area contributed by atoms with Crippen LogP contribution in [0.5, 0.6) is 0 Å². The third kappa shape index (κ3) is 2.94. The van der Waals surface area contributed by atoms with Crippen LogP contribution in [-0.2, 0) is 4.79 Å².